The van der Waals surface area contributed by atoms with Crippen LogP contribution in [-0.2, 0) is 27.8 Å². The first-order chi connectivity index (χ1) is 15.3. The molecule has 3 aromatic rings. The largest absolute Gasteiger partial charge is 0.454 e. The predicted octanol–water partition coefficient (Wildman–Crippen LogP) is 1.63. The van der Waals surface area contributed by atoms with Gasteiger partial charge in [-0.05, 0) is 36.2 Å². The number of nitrogen functional groups attached to an aromatic ring is 1. The second-order valence-corrected chi connectivity index (χ2v) is 9.23. The summed E-state index contributed by atoms with van der Waals surface area (Å²) in [5, 5.41) is 0. The van der Waals surface area contributed by atoms with Crippen molar-refractivity contribution in [1.82, 2.24) is 15.0 Å². The molecule has 2 aromatic carbocycles. The van der Waals surface area contributed by atoms with Gasteiger partial charge in [0.2, 0.25) is 11.9 Å². The van der Waals surface area contributed by atoms with Gasteiger partial charge in [0, 0.05) is 20.6 Å². The maximum atomic E-state index is 13.2. The van der Waals surface area contributed by atoms with Crippen molar-refractivity contribution in [2.45, 2.75) is 17.9 Å². The Morgan fingerprint density at radius 3 is 2.69 bits per heavy atom. The molecule has 0 unspecified atom stereocenters. The summed E-state index contributed by atoms with van der Waals surface area (Å²) < 4.78 is 33.1. The van der Waals surface area contributed by atoms with E-state index in [1.54, 1.807) is 31.1 Å². The Balaban J connectivity index is 1.53. The summed E-state index contributed by atoms with van der Waals surface area (Å²) in [6, 6.07) is 13.1. The maximum Gasteiger partial charge on any atom is 0.338 e. The number of anilines is 3. The average molecular weight is 455 g/mol. The summed E-state index contributed by atoms with van der Waals surface area (Å²) in [7, 11) is -0.335. The zero-order valence-electron chi connectivity index (χ0n) is 17.6. The highest BCUT2D eigenvalue weighted by molar-refractivity contribution is 7.92. The smallest absolute Gasteiger partial charge is 0.338 e. The summed E-state index contributed by atoms with van der Waals surface area (Å²) in [6.07, 6.45) is 0.640. The third-order valence-corrected chi connectivity index (χ3v) is 6.73. The van der Waals surface area contributed by atoms with E-state index in [0.29, 0.717) is 24.6 Å². The van der Waals surface area contributed by atoms with Crippen molar-refractivity contribution in [1.29, 1.82) is 0 Å². The molecule has 0 amide bonds. The third-order valence-electron chi connectivity index (χ3n) is 4.92. The summed E-state index contributed by atoms with van der Waals surface area (Å²) in [4.78, 5) is 26.4. The van der Waals surface area contributed by atoms with E-state index in [9.17, 15) is 13.2 Å². The van der Waals surface area contributed by atoms with Gasteiger partial charge in [-0.15, -0.1) is 0 Å². The minimum atomic E-state index is -3.83. The van der Waals surface area contributed by atoms with Gasteiger partial charge in [0.05, 0.1) is 16.1 Å². The highest BCUT2D eigenvalue weighted by Crippen LogP contribution is 2.32. The van der Waals surface area contributed by atoms with Gasteiger partial charge in [-0.2, -0.15) is 15.0 Å². The Hall–Kier alpha value is -3.73. The molecule has 0 spiro atoms. The van der Waals surface area contributed by atoms with Crippen LogP contribution in [0.25, 0.3) is 0 Å². The lowest BCUT2D eigenvalue weighted by molar-refractivity contribution is 0.0462. The van der Waals surface area contributed by atoms with Crippen LogP contribution in [0.1, 0.15) is 21.7 Å². The lowest BCUT2D eigenvalue weighted by Crippen LogP contribution is -2.29. The molecular weight excluding hydrogens is 432 g/mol. The number of rotatable bonds is 6. The lowest BCUT2D eigenvalue weighted by Gasteiger charge is -2.19. The van der Waals surface area contributed by atoms with Crippen LogP contribution in [0.4, 0.5) is 17.6 Å². The van der Waals surface area contributed by atoms with Gasteiger partial charge in [-0.1, -0.05) is 24.3 Å². The van der Waals surface area contributed by atoms with Gasteiger partial charge in [0.25, 0.3) is 10.0 Å². The fourth-order valence-electron chi connectivity index (χ4n) is 3.37. The van der Waals surface area contributed by atoms with Crippen molar-refractivity contribution in [3.8, 4) is 0 Å². The average Bonchev–Trinajstić information content (AvgIpc) is 3.22. The maximum absolute atomic E-state index is 13.2. The van der Waals surface area contributed by atoms with E-state index in [2.05, 4.69) is 15.0 Å². The van der Waals surface area contributed by atoms with Crippen molar-refractivity contribution in [3.05, 3.63) is 65.5 Å². The van der Waals surface area contributed by atoms with E-state index in [1.165, 1.54) is 28.6 Å². The molecule has 0 aliphatic carbocycles. The van der Waals surface area contributed by atoms with Crippen molar-refractivity contribution >= 4 is 33.6 Å². The highest BCUT2D eigenvalue weighted by Gasteiger charge is 2.31. The molecule has 2 heterocycles. The monoisotopic (exact) mass is 454 g/mol. The van der Waals surface area contributed by atoms with Crippen LogP contribution in [0.3, 0.4) is 0 Å². The number of ether oxygens (including phenoxy) is 1. The molecule has 1 aliphatic heterocycles. The Bertz CT molecular complexity index is 1280. The fraction of sp³-hybridized carbons (Fsp3) is 0.238. The van der Waals surface area contributed by atoms with Gasteiger partial charge in [0.15, 0.2) is 12.4 Å². The van der Waals surface area contributed by atoms with Crippen LogP contribution < -0.4 is 14.9 Å². The third kappa shape index (κ3) is 4.19. The number of aromatic nitrogens is 3. The van der Waals surface area contributed by atoms with Crippen LogP contribution in [0, 0.1) is 0 Å². The second-order valence-electron chi connectivity index (χ2n) is 7.36. The molecular formula is C21H22N6O4S. The van der Waals surface area contributed by atoms with Crippen LogP contribution in [0.5, 0.6) is 0 Å². The number of nitrogens with zero attached hydrogens (tertiary/aromatic N) is 5. The molecule has 32 heavy (non-hydrogen) atoms. The Labute approximate surface area is 185 Å². The molecule has 0 saturated heterocycles. The van der Waals surface area contributed by atoms with E-state index in [0.717, 1.165) is 5.56 Å². The molecule has 2 N–H and O–H groups in total. The molecule has 1 aliphatic rings. The van der Waals surface area contributed by atoms with Crippen LogP contribution in [-0.4, -0.2) is 50.0 Å². The molecule has 0 bridgehead atoms. The van der Waals surface area contributed by atoms with E-state index in [4.69, 9.17) is 10.5 Å². The summed E-state index contributed by atoms with van der Waals surface area (Å²) in [5.74, 6) is -0.169. The SMILES string of the molecule is CN(C)c1nc(N)nc(COC(=O)c2cccc(S(=O)(=O)N3CCc4ccccc43)c2)n1. The summed E-state index contributed by atoms with van der Waals surface area (Å²) >= 11 is 0. The molecule has 11 heteroatoms. The number of carbonyl (C=O) groups excluding carboxylic acids is 1. The first-order valence-electron chi connectivity index (χ1n) is 9.81. The molecule has 0 fully saturated rings. The molecule has 0 saturated carbocycles. The number of fused-ring (bicyclic) bond motifs is 1. The van der Waals surface area contributed by atoms with E-state index < -0.39 is 16.0 Å². The van der Waals surface area contributed by atoms with Crippen molar-refractivity contribution in [2.75, 3.05) is 35.6 Å². The Morgan fingerprint density at radius 2 is 1.91 bits per heavy atom. The number of sulfonamides is 1. The number of carbonyl (C=O) groups is 1. The normalized spacial score (nSPS) is 13.0. The standard InChI is InChI=1S/C21H22N6O4S/c1-26(2)21-24-18(23-20(22)25-21)13-31-19(28)15-7-5-8-16(12-15)32(29,30)27-11-10-14-6-3-4-9-17(14)27/h3-9,12H,10-11,13H2,1-2H3,(H2,22,23,24,25). The number of esters is 1. The topological polar surface area (TPSA) is 132 Å². The Kier molecular flexibility index (Phi) is 5.66. The fourth-order valence-corrected chi connectivity index (χ4v) is 4.92. The van der Waals surface area contributed by atoms with Gasteiger partial charge in [-0.3, -0.25) is 4.31 Å². The molecule has 0 atom stereocenters. The highest BCUT2D eigenvalue weighted by atomic mass is 32.2. The molecule has 166 valence electrons. The summed E-state index contributed by atoms with van der Waals surface area (Å²) in [6.45, 7) is 0.119. The molecule has 0 radical (unpaired) electrons. The number of hydrogen-bond acceptors (Lipinski definition) is 9. The van der Waals surface area contributed by atoms with E-state index in [1.807, 2.05) is 12.1 Å². The molecule has 1 aromatic heterocycles. The first kappa shape index (κ1) is 21.5. The van der Waals surface area contributed by atoms with Crippen LogP contribution in [0.2, 0.25) is 0 Å². The van der Waals surface area contributed by atoms with Gasteiger partial charge in [0.1, 0.15) is 0 Å². The van der Waals surface area contributed by atoms with Crippen molar-refractivity contribution in [3.63, 3.8) is 0 Å². The zero-order valence-corrected chi connectivity index (χ0v) is 18.4. The lowest BCUT2D eigenvalue weighted by atomic mass is 10.2. The first-order valence-corrected chi connectivity index (χ1v) is 11.3. The van der Waals surface area contributed by atoms with Crippen LogP contribution in [0.15, 0.2) is 53.4 Å². The quantitative estimate of drug-likeness (QED) is 0.552. The number of hydrogen-bond donors (Lipinski definition) is 1. The summed E-state index contributed by atoms with van der Waals surface area (Å²) in [5.41, 5.74) is 7.41. The zero-order chi connectivity index (χ0) is 22.9. The van der Waals surface area contributed by atoms with Crippen molar-refractivity contribution < 1.29 is 17.9 Å². The minimum absolute atomic E-state index is 0.00809. The van der Waals surface area contributed by atoms with E-state index in [-0.39, 0.29) is 28.8 Å². The van der Waals surface area contributed by atoms with Crippen LogP contribution >= 0.6 is 0 Å². The van der Waals surface area contributed by atoms with Crippen molar-refractivity contribution in [2.24, 2.45) is 0 Å². The molecule has 4 rings (SSSR count). The van der Waals surface area contributed by atoms with Gasteiger partial charge in [-0.25, -0.2) is 13.2 Å². The van der Waals surface area contributed by atoms with E-state index >= 15 is 0 Å². The number of nitrogens with two attached hydrogens (primary N) is 1. The van der Waals surface area contributed by atoms with Gasteiger partial charge >= 0.3 is 5.97 Å². The number of para-hydroxylation sites is 1. The van der Waals surface area contributed by atoms with Gasteiger partial charge < -0.3 is 15.4 Å². The minimum Gasteiger partial charge on any atom is -0.454 e. The number of benzene rings is 2. The predicted molar refractivity (Wildman–Crippen MR) is 119 cm³/mol. The molecule has 10 nitrogen and oxygen atoms in total. The second kappa shape index (κ2) is 8.42. The Morgan fingerprint density at radius 1 is 1.12 bits per heavy atom.